The van der Waals surface area contributed by atoms with Crippen molar-refractivity contribution in [3.05, 3.63) is 18.1 Å². The maximum absolute atomic E-state index is 12.6. The van der Waals surface area contributed by atoms with Gasteiger partial charge in [0.2, 0.25) is 5.91 Å². The standard InChI is InChI=1S/C19H28N4O/c1-13(2)17-7-18(21-12-20-17)22-8-15-10-23(11-16(15)9-22)19(24)14-5-3-4-6-14/h7,12-16H,3-6,8-11H2,1-2H3. The van der Waals surface area contributed by atoms with Gasteiger partial charge in [-0.25, -0.2) is 9.97 Å². The van der Waals surface area contributed by atoms with Crippen molar-refractivity contribution in [2.45, 2.75) is 45.4 Å². The molecule has 130 valence electrons. The van der Waals surface area contributed by atoms with Gasteiger partial charge in [0.1, 0.15) is 12.1 Å². The molecular weight excluding hydrogens is 300 g/mol. The van der Waals surface area contributed by atoms with E-state index in [1.54, 1.807) is 6.33 Å². The first-order valence-electron chi connectivity index (χ1n) is 9.47. The van der Waals surface area contributed by atoms with Crippen molar-refractivity contribution in [2.75, 3.05) is 31.1 Å². The number of carbonyl (C=O) groups excluding carboxylic acids is 1. The summed E-state index contributed by atoms with van der Waals surface area (Å²) in [7, 11) is 0. The largest absolute Gasteiger partial charge is 0.356 e. The molecule has 0 radical (unpaired) electrons. The van der Waals surface area contributed by atoms with Crippen LogP contribution >= 0.6 is 0 Å². The SMILES string of the molecule is CC(C)c1cc(N2CC3CN(C(=O)C4CCCC4)CC3C2)ncn1. The molecule has 24 heavy (non-hydrogen) atoms. The predicted octanol–water partition coefficient (Wildman–Crippen LogP) is 2.68. The molecule has 0 bridgehead atoms. The van der Waals surface area contributed by atoms with Crippen molar-refractivity contribution in [3.8, 4) is 0 Å². The quantitative estimate of drug-likeness (QED) is 0.856. The fourth-order valence-electron chi connectivity index (χ4n) is 4.64. The lowest BCUT2D eigenvalue weighted by Crippen LogP contribution is -2.36. The molecule has 0 spiro atoms. The monoisotopic (exact) mass is 328 g/mol. The van der Waals surface area contributed by atoms with Gasteiger partial charge in [-0.05, 0) is 18.8 Å². The number of hydrogen-bond donors (Lipinski definition) is 0. The summed E-state index contributed by atoms with van der Waals surface area (Å²) < 4.78 is 0. The smallest absolute Gasteiger partial charge is 0.225 e. The summed E-state index contributed by atoms with van der Waals surface area (Å²) >= 11 is 0. The minimum Gasteiger partial charge on any atom is -0.356 e. The summed E-state index contributed by atoms with van der Waals surface area (Å²) in [4.78, 5) is 26.0. The van der Waals surface area contributed by atoms with Crippen LogP contribution in [0.25, 0.3) is 0 Å². The van der Waals surface area contributed by atoms with E-state index < -0.39 is 0 Å². The van der Waals surface area contributed by atoms with Gasteiger partial charge in [-0.2, -0.15) is 0 Å². The molecular formula is C19H28N4O. The average Bonchev–Trinajstić information content (AvgIpc) is 3.30. The van der Waals surface area contributed by atoms with Gasteiger partial charge in [0.25, 0.3) is 0 Å². The molecule has 2 atom stereocenters. The van der Waals surface area contributed by atoms with Crippen LogP contribution in [0.15, 0.2) is 12.4 Å². The second-order valence-corrected chi connectivity index (χ2v) is 8.11. The van der Waals surface area contributed by atoms with E-state index in [0.717, 1.165) is 50.5 Å². The fourth-order valence-corrected chi connectivity index (χ4v) is 4.64. The summed E-state index contributed by atoms with van der Waals surface area (Å²) in [6, 6.07) is 2.13. The molecule has 3 aliphatic rings. The lowest BCUT2D eigenvalue weighted by molar-refractivity contribution is -0.134. The normalized spacial score (nSPS) is 27.3. The van der Waals surface area contributed by atoms with Crippen LogP contribution in [0.5, 0.6) is 0 Å². The van der Waals surface area contributed by atoms with Gasteiger partial charge in [0.15, 0.2) is 0 Å². The van der Waals surface area contributed by atoms with E-state index in [4.69, 9.17) is 0 Å². The Labute approximate surface area is 144 Å². The van der Waals surface area contributed by atoms with Gasteiger partial charge in [-0.3, -0.25) is 4.79 Å². The van der Waals surface area contributed by atoms with E-state index in [2.05, 4.69) is 39.7 Å². The van der Waals surface area contributed by atoms with Gasteiger partial charge in [0, 0.05) is 55.7 Å². The third-order valence-electron chi connectivity index (χ3n) is 6.09. The highest BCUT2D eigenvalue weighted by molar-refractivity contribution is 5.79. The van der Waals surface area contributed by atoms with E-state index in [9.17, 15) is 4.79 Å². The number of fused-ring (bicyclic) bond motifs is 1. The van der Waals surface area contributed by atoms with Crippen LogP contribution in [-0.2, 0) is 4.79 Å². The average molecular weight is 328 g/mol. The molecule has 1 aliphatic carbocycles. The molecule has 1 aromatic rings. The van der Waals surface area contributed by atoms with Crippen LogP contribution in [0.4, 0.5) is 5.82 Å². The highest BCUT2D eigenvalue weighted by Crippen LogP contribution is 2.36. The third-order valence-corrected chi connectivity index (χ3v) is 6.09. The minimum atomic E-state index is 0.315. The van der Waals surface area contributed by atoms with E-state index in [1.807, 2.05) is 0 Å². The molecule has 2 saturated heterocycles. The maximum Gasteiger partial charge on any atom is 0.225 e. The Bertz CT molecular complexity index is 597. The second-order valence-electron chi connectivity index (χ2n) is 8.11. The number of likely N-dealkylation sites (tertiary alicyclic amines) is 1. The number of nitrogens with zero attached hydrogens (tertiary/aromatic N) is 4. The highest BCUT2D eigenvalue weighted by Gasteiger charge is 2.43. The maximum atomic E-state index is 12.6. The van der Waals surface area contributed by atoms with Crippen molar-refractivity contribution in [2.24, 2.45) is 17.8 Å². The molecule has 0 N–H and O–H groups in total. The molecule has 5 nitrogen and oxygen atoms in total. The summed E-state index contributed by atoms with van der Waals surface area (Å²) in [6.45, 7) is 8.26. The molecule has 0 aromatic carbocycles. The molecule has 1 aromatic heterocycles. The van der Waals surface area contributed by atoms with E-state index in [-0.39, 0.29) is 0 Å². The Morgan fingerprint density at radius 2 is 1.75 bits per heavy atom. The second kappa shape index (κ2) is 6.34. The van der Waals surface area contributed by atoms with Gasteiger partial charge < -0.3 is 9.80 Å². The molecule has 2 unspecified atom stereocenters. The summed E-state index contributed by atoms with van der Waals surface area (Å²) in [6.07, 6.45) is 6.37. The molecule has 3 fully saturated rings. The van der Waals surface area contributed by atoms with Crippen LogP contribution in [0, 0.1) is 17.8 Å². The zero-order valence-corrected chi connectivity index (χ0v) is 14.8. The van der Waals surface area contributed by atoms with Crippen molar-refractivity contribution >= 4 is 11.7 Å². The highest BCUT2D eigenvalue weighted by atomic mass is 16.2. The first-order valence-corrected chi connectivity index (χ1v) is 9.47. The predicted molar refractivity (Wildman–Crippen MR) is 93.9 cm³/mol. The molecule has 1 amide bonds. The fraction of sp³-hybridized carbons (Fsp3) is 0.737. The molecule has 2 aliphatic heterocycles. The zero-order chi connectivity index (χ0) is 16.7. The number of amides is 1. The third kappa shape index (κ3) is 2.89. The summed E-state index contributed by atoms with van der Waals surface area (Å²) in [5.41, 5.74) is 1.11. The van der Waals surface area contributed by atoms with Gasteiger partial charge in [-0.15, -0.1) is 0 Å². The Kier molecular flexibility index (Phi) is 4.19. The van der Waals surface area contributed by atoms with Crippen LogP contribution < -0.4 is 4.90 Å². The lowest BCUT2D eigenvalue weighted by Gasteiger charge is -2.24. The lowest BCUT2D eigenvalue weighted by atomic mass is 10.0. The number of hydrogen-bond acceptors (Lipinski definition) is 4. The summed E-state index contributed by atoms with van der Waals surface area (Å²) in [5.74, 6) is 3.43. The molecule has 3 heterocycles. The first-order chi connectivity index (χ1) is 11.6. The van der Waals surface area contributed by atoms with Gasteiger partial charge in [0.05, 0.1) is 0 Å². The van der Waals surface area contributed by atoms with Crippen LogP contribution in [0.1, 0.15) is 51.1 Å². The topological polar surface area (TPSA) is 49.3 Å². The molecule has 4 rings (SSSR count). The van der Waals surface area contributed by atoms with E-state index >= 15 is 0 Å². The van der Waals surface area contributed by atoms with Crippen LogP contribution in [-0.4, -0.2) is 47.0 Å². The number of anilines is 1. The zero-order valence-electron chi connectivity index (χ0n) is 14.8. The van der Waals surface area contributed by atoms with Crippen molar-refractivity contribution in [1.82, 2.24) is 14.9 Å². The summed E-state index contributed by atoms with van der Waals surface area (Å²) in [5, 5.41) is 0. The Morgan fingerprint density at radius 3 is 2.38 bits per heavy atom. The first kappa shape index (κ1) is 15.9. The number of carbonyl (C=O) groups is 1. The minimum absolute atomic E-state index is 0.315. The van der Waals surface area contributed by atoms with Gasteiger partial charge >= 0.3 is 0 Å². The Balaban J connectivity index is 1.39. The van der Waals surface area contributed by atoms with Crippen molar-refractivity contribution < 1.29 is 4.79 Å². The number of aromatic nitrogens is 2. The number of rotatable bonds is 3. The molecule has 5 heteroatoms. The van der Waals surface area contributed by atoms with E-state index in [0.29, 0.717) is 29.6 Å². The van der Waals surface area contributed by atoms with Crippen molar-refractivity contribution in [3.63, 3.8) is 0 Å². The Morgan fingerprint density at radius 1 is 1.08 bits per heavy atom. The van der Waals surface area contributed by atoms with E-state index in [1.165, 1.54) is 12.8 Å². The van der Waals surface area contributed by atoms with Crippen molar-refractivity contribution in [1.29, 1.82) is 0 Å². The molecule has 1 saturated carbocycles. The van der Waals surface area contributed by atoms with Gasteiger partial charge in [-0.1, -0.05) is 26.7 Å². The Hall–Kier alpha value is -1.65. The van der Waals surface area contributed by atoms with Crippen LogP contribution in [0.2, 0.25) is 0 Å². The van der Waals surface area contributed by atoms with Crippen LogP contribution in [0.3, 0.4) is 0 Å².